The number of aliphatic carboxylic acids is 1. The lowest BCUT2D eigenvalue weighted by molar-refractivity contribution is -0.139. The Morgan fingerprint density at radius 1 is 0.980 bits per heavy atom. The first-order valence-corrected chi connectivity index (χ1v) is 21.1. The third-order valence-corrected chi connectivity index (χ3v) is 11.6. The number of carboxylic acid groups (broad SMARTS) is 1. The molecule has 2 aromatic rings. The van der Waals surface area contributed by atoms with E-state index in [4.69, 9.17) is 5.73 Å². The van der Waals surface area contributed by atoms with Gasteiger partial charge in [0.2, 0.25) is 0 Å². The number of nitrogens with one attached hydrogen (secondary N) is 2. The summed E-state index contributed by atoms with van der Waals surface area (Å²) in [4.78, 5) is 25.1. The molecule has 0 bridgehead atoms. The van der Waals surface area contributed by atoms with Gasteiger partial charge in [0.15, 0.2) is 0 Å². The summed E-state index contributed by atoms with van der Waals surface area (Å²) in [5.74, 6) is 3.06. The fourth-order valence-electron chi connectivity index (χ4n) is 7.26. The highest BCUT2D eigenvalue weighted by molar-refractivity contribution is 7.99. The maximum Gasteiger partial charge on any atom is 0.326 e. The Morgan fingerprint density at radius 3 is 2.20 bits per heavy atom. The molecule has 2 saturated carbocycles. The van der Waals surface area contributed by atoms with Crippen molar-refractivity contribution in [3.05, 3.63) is 59.2 Å². The number of carbonyl (C=O) groups is 2. The molecule has 0 aromatic heterocycles. The van der Waals surface area contributed by atoms with Gasteiger partial charge in [-0.15, -0.1) is 12.4 Å². The van der Waals surface area contributed by atoms with Crippen molar-refractivity contribution in [2.75, 3.05) is 23.5 Å². The van der Waals surface area contributed by atoms with Crippen molar-refractivity contribution in [3.8, 4) is 11.1 Å². The number of halogens is 1. The zero-order valence-electron chi connectivity index (χ0n) is 30.9. The topological polar surface area (TPSA) is 125 Å². The number of nitrogens with two attached hydrogens (primary N) is 1. The second-order valence-corrected chi connectivity index (χ2v) is 16.7. The Hall–Kier alpha value is -1.75. The van der Waals surface area contributed by atoms with Gasteiger partial charge in [-0.25, -0.2) is 4.79 Å². The summed E-state index contributed by atoms with van der Waals surface area (Å²) < 4.78 is 0. The van der Waals surface area contributed by atoms with Gasteiger partial charge in [0.1, 0.15) is 11.8 Å². The molecular weight excluding hydrogens is 686 g/mol. The number of rotatable bonds is 17. The van der Waals surface area contributed by atoms with Crippen LogP contribution in [0.4, 0.5) is 0 Å². The SMILES string of the molecule is CCSCC(CC1CCCCC1)NCc1ccc(C(=O)N[C@@H](CCSC)C(=O)O)c(-c2ccccc2C)c1.C[C@](N)(O)CC1CCCCC1.Cl. The van der Waals surface area contributed by atoms with Crippen LogP contribution in [0.3, 0.4) is 0 Å². The fourth-order valence-corrected chi connectivity index (χ4v) is 8.51. The largest absolute Gasteiger partial charge is 0.480 e. The molecule has 6 N–H and O–H groups in total. The number of aryl methyl sites for hydroxylation is 1. The van der Waals surface area contributed by atoms with Gasteiger partial charge in [0, 0.05) is 23.9 Å². The van der Waals surface area contributed by atoms with Gasteiger partial charge in [0.25, 0.3) is 5.91 Å². The van der Waals surface area contributed by atoms with E-state index in [1.807, 2.05) is 61.3 Å². The first-order chi connectivity index (χ1) is 23.5. The van der Waals surface area contributed by atoms with E-state index in [0.717, 1.165) is 52.6 Å². The normalized spacial score (nSPS) is 17.7. The van der Waals surface area contributed by atoms with Gasteiger partial charge in [-0.05, 0) is 97.1 Å². The van der Waals surface area contributed by atoms with Gasteiger partial charge in [-0.1, -0.05) is 101 Å². The average molecular weight is 751 g/mol. The molecule has 2 aliphatic rings. The first kappa shape index (κ1) is 44.4. The zero-order valence-corrected chi connectivity index (χ0v) is 33.3. The van der Waals surface area contributed by atoms with Crippen LogP contribution in [0.2, 0.25) is 0 Å². The zero-order chi connectivity index (χ0) is 35.6. The number of hydrogen-bond donors (Lipinski definition) is 5. The molecule has 2 aliphatic carbocycles. The van der Waals surface area contributed by atoms with Gasteiger partial charge in [0.05, 0.1) is 0 Å². The van der Waals surface area contributed by atoms with E-state index in [-0.39, 0.29) is 18.3 Å². The van der Waals surface area contributed by atoms with Crippen LogP contribution >= 0.6 is 35.9 Å². The number of carbonyl (C=O) groups excluding carboxylic acids is 1. The predicted molar refractivity (Wildman–Crippen MR) is 217 cm³/mol. The molecule has 1 unspecified atom stereocenters. The van der Waals surface area contributed by atoms with E-state index < -0.39 is 17.7 Å². The molecule has 0 saturated heterocycles. The monoisotopic (exact) mass is 749 g/mol. The van der Waals surface area contributed by atoms with Crippen LogP contribution in [0.15, 0.2) is 42.5 Å². The number of carboxylic acids is 1. The first-order valence-electron chi connectivity index (χ1n) is 18.5. The molecule has 0 aliphatic heterocycles. The minimum absolute atomic E-state index is 0. The highest BCUT2D eigenvalue weighted by Crippen LogP contribution is 2.31. The van der Waals surface area contributed by atoms with Crippen LogP contribution in [0.5, 0.6) is 0 Å². The van der Waals surface area contributed by atoms with Gasteiger partial charge in [-0.3, -0.25) is 4.79 Å². The quantitative estimate of drug-likeness (QED) is 0.102. The Labute approximate surface area is 316 Å². The van der Waals surface area contributed by atoms with Crippen LogP contribution in [-0.4, -0.2) is 63.4 Å². The second-order valence-electron chi connectivity index (χ2n) is 14.4. The van der Waals surface area contributed by atoms with E-state index in [0.29, 0.717) is 29.7 Å². The molecule has 282 valence electrons. The lowest BCUT2D eigenvalue weighted by Gasteiger charge is -2.27. The van der Waals surface area contributed by atoms with Gasteiger partial charge >= 0.3 is 5.97 Å². The van der Waals surface area contributed by atoms with Crippen LogP contribution in [0.1, 0.15) is 119 Å². The average Bonchev–Trinajstić information content (AvgIpc) is 3.08. The lowest BCUT2D eigenvalue weighted by atomic mass is 9.84. The Bertz CT molecular complexity index is 1280. The Kier molecular flexibility index (Phi) is 21.1. The minimum Gasteiger partial charge on any atom is -0.480 e. The van der Waals surface area contributed by atoms with Crippen molar-refractivity contribution in [2.24, 2.45) is 17.6 Å². The maximum atomic E-state index is 13.3. The minimum atomic E-state index is -1.00. The third-order valence-electron chi connectivity index (χ3n) is 9.87. The van der Waals surface area contributed by atoms with E-state index >= 15 is 0 Å². The number of benzene rings is 2. The second kappa shape index (κ2) is 23.7. The number of hydrogen-bond acceptors (Lipinski definition) is 7. The van der Waals surface area contributed by atoms with Crippen LogP contribution in [0, 0.1) is 18.8 Å². The molecule has 2 fully saturated rings. The molecule has 50 heavy (non-hydrogen) atoms. The third kappa shape index (κ3) is 16.3. The van der Waals surface area contributed by atoms with E-state index in [1.165, 1.54) is 70.6 Å². The van der Waals surface area contributed by atoms with Crippen molar-refractivity contribution < 1.29 is 19.8 Å². The summed E-state index contributed by atoms with van der Waals surface area (Å²) in [5.41, 5.74) is 9.15. The van der Waals surface area contributed by atoms with Crippen molar-refractivity contribution >= 4 is 47.8 Å². The van der Waals surface area contributed by atoms with Crippen molar-refractivity contribution in [3.63, 3.8) is 0 Å². The van der Waals surface area contributed by atoms with Crippen LogP contribution in [0.25, 0.3) is 11.1 Å². The molecule has 0 heterocycles. The Balaban J connectivity index is 0.000000615. The summed E-state index contributed by atoms with van der Waals surface area (Å²) >= 11 is 3.57. The van der Waals surface area contributed by atoms with E-state index in [2.05, 4.69) is 23.6 Å². The number of aliphatic hydroxyl groups is 1. The molecule has 7 nitrogen and oxygen atoms in total. The lowest BCUT2D eigenvalue weighted by Crippen LogP contribution is -2.41. The summed E-state index contributed by atoms with van der Waals surface area (Å²) in [6, 6.07) is 13.6. The maximum absolute atomic E-state index is 13.3. The fraction of sp³-hybridized carbons (Fsp3) is 0.650. The molecule has 1 amide bonds. The van der Waals surface area contributed by atoms with Crippen molar-refractivity contribution in [1.82, 2.24) is 10.6 Å². The smallest absolute Gasteiger partial charge is 0.326 e. The highest BCUT2D eigenvalue weighted by Gasteiger charge is 2.24. The number of thioether (sulfide) groups is 2. The summed E-state index contributed by atoms with van der Waals surface area (Å²) in [6.07, 6.45) is 17.7. The van der Waals surface area contributed by atoms with Gasteiger partial charge < -0.3 is 26.6 Å². The predicted octanol–water partition coefficient (Wildman–Crippen LogP) is 8.83. The van der Waals surface area contributed by atoms with Crippen LogP contribution < -0.4 is 16.4 Å². The molecule has 0 spiro atoms. The van der Waals surface area contributed by atoms with Crippen LogP contribution in [-0.2, 0) is 11.3 Å². The van der Waals surface area contributed by atoms with Gasteiger partial charge in [-0.2, -0.15) is 23.5 Å². The molecule has 0 radical (unpaired) electrons. The Morgan fingerprint density at radius 2 is 1.62 bits per heavy atom. The summed E-state index contributed by atoms with van der Waals surface area (Å²) in [5, 5.41) is 25.6. The molecule has 2 aromatic carbocycles. The number of amides is 1. The molecule has 4 rings (SSSR count). The molecule has 10 heteroatoms. The molecular formula is C40H64ClN3O4S2. The summed E-state index contributed by atoms with van der Waals surface area (Å²) in [6.45, 7) is 6.70. The standard InChI is InChI=1S/C31H44N2O3S2.C9H19NO.ClH/c1-4-38-21-25(18-23-11-6-5-7-12-23)32-20-24-14-15-27(28(19-24)26-13-9-8-10-22(26)2)30(34)33-29(31(35)36)16-17-37-3;1-9(10,11)7-8-5-3-2-4-6-8;/h8-10,13-15,19,23,25,29,32H,4-7,11-12,16-18,20-21H2,1-3H3,(H,33,34)(H,35,36);8,11H,2-7,10H2,1H3;1H/t25?,29-;9-;/m00./s1. The van der Waals surface area contributed by atoms with E-state index in [9.17, 15) is 19.8 Å². The van der Waals surface area contributed by atoms with Crippen molar-refractivity contribution in [1.29, 1.82) is 0 Å². The summed E-state index contributed by atoms with van der Waals surface area (Å²) in [7, 11) is 0. The highest BCUT2D eigenvalue weighted by atomic mass is 35.5. The van der Waals surface area contributed by atoms with Crippen molar-refractivity contribution in [2.45, 2.75) is 129 Å². The van der Waals surface area contributed by atoms with E-state index in [1.54, 1.807) is 18.7 Å². The molecule has 3 atom stereocenters.